The number of rotatable bonds is 5. The second-order valence-corrected chi connectivity index (χ2v) is 7.29. The highest BCUT2D eigenvalue weighted by molar-refractivity contribution is 7.89. The van der Waals surface area contributed by atoms with Crippen molar-refractivity contribution in [2.45, 2.75) is 37.1 Å². The minimum atomic E-state index is -3.84. The van der Waals surface area contributed by atoms with Gasteiger partial charge in [-0.25, -0.2) is 13.2 Å². The van der Waals surface area contributed by atoms with Gasteiger partial charge >= 0.3 is 11.9 Å². The van der Waals surface area contributed by atoms with E-state index >= 15 is 0 Å². The van der Waals surface area contributed by atoms with Crippen molar-refractivity contribution in [1.29, 1.82) is 0 Å². The molecule has 1 atom stereocenters. The Kier molecular flexibility index (Phi) is 5.95. The summed E-state index contributed by atoms with van der Waals surface area (Å²) in [6, 6.07) is 4.67. The first-order chi connectivity index (χ1) is 11.4. The molecule has 8 heteroatoms. The van der Waals surface area contributed by atoms with Crippen LogP contribution in [0.5, 0.6) is 0 Å². The van der Waals surface area contributed by atoms with E-state index in [-0.39, 0.29) is 23.6 Å². The fraction of sp³-hybridized carbons (Fsp3) is 0.500. The number of hydrogen-bond donors (Lipinski definition) is 0. The molecule has 0 spiro atoms. The molecule has 1 aliphatic rings. The molecule has 1 heterocycles. The van der Waals surface area contributed by atoms with Gasteiger partial charge in [-0.15, -0.1) is 0 Å². The van der Waals surface area contributed by atoms with Crippen LogP contribution in [0.4, 0.5) is 0 Å². The van der Waals surface area contributed by atoms with Gasteiger partial charge in [-0.05, 0) is 50.5 Å². The fourth-order valence-corrected chi connectivity index (χ4v) is 4.33. The topological polar surface area (TPSA) is 90.0 Å². The lowest BCUT2D eigenvalue weighted by Gasteiger charge is -2.32. The van der Waals surface area contributed by atoms with Crippen molar-refractivity contribution in [2.24, 2.45) is 0 Å². The third-order valence-corrected chi connectivity index (χ3v) is 5.82. The van der Waals surface area contributed by atoms with Crippen molar-refractivity contribution < 1.29 is 27.5 Å². The van der Waals surface area contributed by atoms with Crippen molar-refractivity contribution >= 4 is 22.0 Å². The molecule has 132 valence electrons. The Hall–Kier alpha value is -1.93. The number of ether oxygens (including phenoxy) is 2. The van der Waals surface area contributed by atoms with E-state index in [1.807, 2.05) is 0 Å². The van der Waals surface area contributed by atoms with Crippen LogP contribution in [0, 0.1) is 0 Å². The van der Waals surface area contributed by atoms with Crippen LogP contribution in [0.25, 0.3) is 0 Å². The van der Waals surface area contributed by atoms with Crippen LogP contribution >= 0.6 is 0 Å². The minimum absolute atomic E-state index is 0.0337. The van der Waals surface area contributed by atoms with E-state index in [1.54, 1.807) is 6.92 Å². The highest BCUT2D eigenvalue weighted by Crippen LogP contribution is 2.26. The standard InChI is InChI=1S/C16H21NO6S/c1-3-23-16(19)14-6-4-5-11-17(14)24(20,21)13-9-7-12(8-10-13)15(18)22-2/h7-10,14H,3-6,11H2,1-2H3/t14-/m0/s1. The number of benzene rings is 1. The zero-order valence-electron chi connectivity index (χ0n) is 13.7. The van der Waals surface area contributed by atoms with Crippen molar-refractivity contribution in [1.82, 2.24) is 4.31 Å². The monoisotopic (exact) mass is 355 g/mol. The largest absolute Gasteiger partial charge is 0.465 e. The molecule has 24 heavy (non-hydrogen) atoms. The number of hydrogen-bond acceptors (Lipinski definition) is 6. The Labute approximate surface area is 141 Å². The number of nitrogens with zero attached hydrogens (tertiary/aromatic N) is 1. The Morgan fingerprint density at radius 1 is 1.21 bits per heavy atom. The van der Waals surface area contributed by atoms with E-state index in [2.05, 4.69) is 4.74 Å². The highest BCUT2D eigenvalue weighted by Gasteiger charge is 2.38. The number of carbonyl (C=O) groups excluding carboxylic acids is 2. The molecular weight excluding hydrogens is 334 g/mol. The molecule has 0 radical (unpaired) electrons. The van der Waals surface area contributed by atoms with Crippen molar-refractivity contribution in [3.05, 3.63) is 29.8 Å². The predicted octanol–water partition coefficient (Wildman–Crippen LogP) is 1.58. The molecule has 7 nitrogen and oxygen atoms in total. The number of esters is 2. The van der Waals surface area contributed by atoms with Gasteiger partial charge < -0.3 is 9.47 Å². The molecule has 0 N–H and O–H groups in total. The third-order valence-electron chi connectivity index (χ3n) is 3.89. The second kappa shape index (κ2) is 7.76. The Bertz CT molecular complexity index is 698. The number of methoxy groups -OCH3 is 1. The summed E-state index contributed by atoms with van der Waals surface area (Å²) in [5.41, 5.74) is 0.261. The van der Waals surface area contributed by atoms with E-state index in [9.17, 15) is 18.0 Å². The molecule has 0 aliphatic carbocycles. The molecule has 0 saturated carbocycles. The van der Waals surface area contributed by atoms with Gasteiger partial charge in [0.25, 0.3) is 0 Å². The van der Waals surface area contributed by atoms with Gasteiger partial charge in [0.15, 0.2) is 0 Å². The summed E-state index contributed by atoms with van der Waals surface area (Å²) < 4.78 is 36.5. The highest BCUT2D eigenvalue weighted by atomic mass is 32.2. The molecule has 0 aromatic heterocycles. The van der Waals surface area contributed by atoms with Gasteiger partial charge in [0.05, 0.1) is 24.2 Å². The summed E-state index contributed by atoms with van der Waals surface area (Å²) in [7, 11) is -2.59. The quantitative estimate of drug-likeness (QED) is 0.745. The molecule has 0 amide bonds. The first-order valence-electron chi connectivity index (χ1n) is 7.78. The Morgan fingerprint density at radius 2 is 1.88 bits per heavy atom. The zero-order valence-corrected chi connectivity index (χ0v) is 14.5. The summed E-state index contributed by atoms with van der Waals surface area (Å²) in [6.07, 6.45) is 1.91. The normalized spacial score (nSPS) is 18.8. The van der Waals surface area contributed by atoms with E-state index in [4.69, 9.17) is 4.74 Å². The van der Waals surface area contributed by atoms with Crippen molar-refractivity contribution in [3.8, 4) is 0 Å². The lowest BCUT2D eigenvalue weighted by atomic mass is 10.1. The lowest BCUT2D eigenvalue weighted by molar-refractivity contribution is -0.148. The summed E-state index contributed by atoms with van der Waals surface area (Å²) in [5, 5.41) is 0. The minimum Gasteiger partial charge on any atom is -0.465 e. The van der Waals surface area contributed by atoms with E-state index in [1.165, 1.54) is 35.7 Å². The van der Waals surface area contributed by atoms with Gasteiger partial charge in [-0.1, -0.05) is 0 Å². The first kappa shape index (κ1) is 18.4. The first-order valence-corrected chi connectivity index (χ1v) is 9.22. The Balaban J connectivity index is 2.29. The second-order valence-electron chi connectivity index (χ2n) is 5.40. The van der Waals surface area contributed by atoms with E-state index < -0.39 is 28.0 Å². The van der Waals surface area contributed by atoms with Gasteiger partial charge in [-0.3, -0.25) is 4.79 Å². The molecule has 2 rings (SSSR count). The van der Waals surface area contributed by atoms with Crippen LogP contribution in [0.15, 0.2) is 29.2 Å². The molecule has 1 aromatic carbocycles. The summed E-state index contributed by atoms with van der Waals surface area (Å²) in [6.45, 7) is 2.16. The Morgan fingerprint density at radius 3 is 2.46 bits per heavy atom. The lowest BCUT2D eigenvalue weighted by Crippen LogP contribution is -2.48. The maximum atomic E-state index is 12.9. The molecule has 1 saturated heterocycles. The average molecular weight is 355 g/mol. The van der Waals surface area contributed by atoms with Gasteiger partial charge in [0.1, 0.15) is 6.04 Å². The van der Waals surface area contributed by atoms with Crippen molar-refractivity contribution in [2.75, 3.05) is 20.3 Å². The molecular formula is C16H21NO6S. The van der Waals surface area contributed by atoms with Crippen LogP contribution < -0.4 is 0 Å². The zero-order chi connectivity index (χ0) is 17.7. The average Bonchev–Trinajstić information content (AvgIpc) is 2.61. The maximum Gasteiger partial charge on any atom is 0.337 e. The maximum absolute atomic E-state index is 12.9. The predicted molar refractivity (Wildman–Crippen MR) is 85.9 cm³/mol. The van der Waals surface area contributed by atoms with Crippen LogP contribution in [0.1, 0.15) is 36.5 Å². The van der Waals surface area contributed by atoms with Gasteiger partial charge in [0.2, 0.25) is 10.0 Å². The third kappa shape index (κ3) is 3.76. The number of piperidine rings is 1. The van der Waals surface area contributed by atoms with Crippen LogP contribution in [0.3, 0.4) is 0 Å². The molecule has 0 bridgehead atoms. The number of sulfonamides is 1. The molecule has 0 unspecified atom stereocenters. The van der Waals surface area contributed by atoms with E-state index in [0.29, 0.717) is 12.8 Å². The summed E-state index contributed by atoms with van der Waals surface area (Å²) in [5.74, 6) is -1.06. The molecule has 1 aliphatic heterocycles. The van der Waals surface area contributed by atoms with Gasteiger partial charge in [-0.2, -0.15) is 4.31 Å². The smallest absolute Gasteiger partial charge is 0.337 e. The fourth-order valence-electron chi connectivity index (χ4n) is 2.68. The molecule has 1 aromatic rings. The van der Waals surface area contributed by atoms with Crippen LogP contribution in [-0.4, -0.2) is 51.0 Å². The molecule has 1 fully saturated rings. The van der Waals surface area contributed by atoms with Gasteiger partial charge in [0, 0.05) is 6.54 Å². The summed E-state index contributed by atoms with van der Waals surface area (Å²) >= 11 is 0. The van der Waals surface area contributed by atoms with Crippen LogP contribution in [-0.2, 0) is 24.3 Å². The van der Waals surface area contributed by atoms with Crippen LogP contribution in [0.2, 0.25) is 0 Å². The summed E-state index contributed by atoms with van der Waals surface area (Å²) in [4.78, 5) is 23.6. The number of carbonyl (C=O) groups is 2. The van der Waals surface area contributed by atoms with E-state index in [0.717, 1.165) is 6.42 Å². The van der Waals surface area contributed by atoms with Crippen molar-refractivity contribution in [3.63, 3.8) is 0 Å². The SMILES string of the molecule is CCOC(=O)[C@@H]1CCCCN1S(=O)(=O)c1ccc(C(=O)OC)cc1.